The number of benzene rings is 1. The third kappa shape index (κ3) is 2.37. The first-order chi connectivity index (χ1) is 9.25. The van der Waals surface area contributed by atoms with Crippen LogP contribution in [0, 0.1) is 0 Å². The number of pyridine rings is 1. The maximum absolute atomic E-state index is 10.3. The predicted octanol–water partition coefficient (Wildman–Crippen LogP) is 2.59. The van der Waals surface area contributed by atoms with E-state index in [1.807, 2.05) is 6.07 Å². The summed E-state index contributed by atoms with van der Waals surface area (Å²) in [5, 5.41) is 10.8. The highest BCUT2D eigenvalue weighted by atomic mass is 35.5. The zero-order valence-corrected chi connectivity index (χ0v) is 10.8. The molecule has 2 aromatic rings. The Morgan fingerprint density at radius 1 is 1.21 bits per heavy atom. The lowest BCUT2D eigenvalue weighted by Crippen LogP contribution is -2.16. The molecule has 1 aliphatic rings. The molecule has 1 aromatic carbocycles. The van der Waals surface area contributed by atoms with Crippen LogP contribution in [0.1, 0.15) is 17.2 Å². The summed E-state index contributed by atoms with van der Waals surface area (Å²) in [5.41, 5.74) is 1.36. The molecule has 0 saturated heterocycles. The van der Waals surface area contributed by atoms with Crippen molar-refractivity contribution in [3.05, 3.63) is 52.8 Å². The van der Waals surface area contributed by atoms with Crippen molar-refractivity contribution in [2.45, 2.75) is 6.10 Å². The number of aliphatic hydroxyl groups is 1. The first-order valence-corrected chi connectivity index (χ1v) is 6.30. The van der Waals surface area contributed by atoms with Gasteiger partial charge in [0.05, 0.1) is 5.02 Å². The summed E-state index contributed by atoms with van der Waals surface area (Å²) in [5.74, 6) is 1.10. The summed E-state index contributed by atoms with van der Waals surface area (Å²) in [6.45, 7) is 0.965. The Bertz CT molecular complexity index is 589. The normalized spacial score (nSPS) is 15.1. The van der Waals surface area contributed by atoms with Gasteiger partial charge < -0.3 is 14.6 Å². The molecule has 1 unspecified atom stereocenters. The number of nitrogens with zero attached hydrogens (tertiary/aromatic N) is 1. The number of hydrogen-bond donors (Lipinski definition) is 1. The van der Waals surface area contributed by atoms with E-state index < -0.39 is 6.10 Å². The number of hydrogen-bond acceptors (Lipinski definition) is 4. The molecule has 4 nitrogen and oxygen atoms in total. The Labute approximate surface area is 115 Å². The smallest absolute Gasteiger partial charge is 0.179 e. The molecule has 5 heteroatoms. The van der Waals surface area contributed by atoms with Crippen LogP contribution in [0.5, 0.6) is 11.5 Å². The third-order valence-electron chi connectivity index (χ3n) is 2.94. The van der Waals surface area contributed by atoms with Gasteiger partial charge in [-0.3, -0.25) is 4.98 Å². The summed E-state index contributed by atoms with van der Waals surface area (Å²) < 4.78 is 10.9. The highest BCUT2D eigenvalue weighted by molar-refractivity contribution is 6.32. The number of fused-ring (bicyclic) bond motifs is 1. The molecule has 98 valence electrons. The lowest BCUT2D eigenvalue weighted by Gasteiger charge is -2.21. The number of rotatable bonds is 2. The molecular weight excluding hydrogens is 266 g/mol. The van der Waals surface area contributed by atoms with Gasteiger partial charge in [0, 0.05) is 18.0 Å². The summed E-state index contributed by atoms with van der Waals surface area (Å²) in [7, 11) is 0. The molecule has 0 spiro atoms. The van der Waals surface area contributed by atoms with Crippen LogP contribution in [0.15, 0.2) is 36.7 Å². The maximum Gasteiger partial charge on any atom is 0.179 e. The van der Waals surface area contributed by atoms with Crippen LogP contribution in [0.2, 0.25) is 5.02 Å². The van der Waals surface area contributed by atoms with E-state index in [1.165, 1.54) is 0 Å². The fourth-order valence-corrected chi connectivity index (χ4v) is 2.29. The lowest BCUT2D eigenvalue weighted by molar-refractivity contribution is 0.170. The van der Waals surface area contributed by atoms with E-state index in [1.54, 1.807) is 30.6 Å². The van der Waals surface area contributed by atoms with Gasteiger partial charge in [-0.2, -0.15) is 0 Å². The van der Waals surface area contributed by atoms with E-state index in [0.29, 0.717) is 40.9 Å². The summed E-state index contributed by atoms with van der Waals surface area (Å²) in [6.07, 6.45) is 2.49. The third-order valence-corrected chi connectivity index (χ3v) is 3.22. The number of halogens is 1. The Kier molecular flexibility index (Phi) is 3.27. The Morgan fingerprint density at radius 3 is 2.84 bits per heavy atom. The number of aromatic nitrogens is 1. The number of aliphatic hydroxyl groups excluding tert-OH is 1. The molecule has 1 aromatic heterocycles. The van der Waals surface area contributed by atoms with E-state index in [2.05, 4.69) is 4.98 Å². The van der Waals surface area contributed by atoms with Crippen molar-refractivity contribution in [3.63, 3.8) is 0 Å². The topological polar surface area (TPSA) is 51.6 Å². The molecule has 19 heavy (non-hydrogen) atoms. The molecule has 0 aliphatic carbocycles. The molecule has 0 bridgehead atoms. The largest absolute Gasteiger partial charge is 0.486 e. The predicted molar refractivity (Wildman–Crippen MR) is 70.7 cm³/mol. The van der Waals surface area contributed by atoms with Crippen LogP contribution in [0.4, 0.5) is 0 Å². The van der Waals surface area contributed by atoms with Crippen LogP contribution in [0.3, 0.4) is 0 Å². The molecule has 0 amide bonds. The summed E-state index contributed by atoms with van der Waals surface area (Å²) >= 11 is 6.15. The fourth-order valence-electron chi connectivity index (χ4n) is 2.02. The first-order valence-electron chi connectivity index (χ1n) is 5.93. The van der Waals surface area contributed by atoms with E-state index in [-0.39, 0.29) is 0 Å². The minimum Gasteiger partial charge on any atom is -0.486 e. The zero-order chi connectivity index (χ0) is 13.2. The highest BCUT2D eigenvalue weighted by Crippen LogP contribution is 2.40. The van der Waals surface area contributed by atoms with Gasteiger partial charge in [-0.05, 0) is 23.8 Å². The van der Waals surface area contributed by atoms with Crippen molar-refractivity contribution >= 4 is 11.6 Å². The fraction of sp³-hybridized carbons (Fsp3) is 0.214. The second-order valence-corrected chi connectivity index (χ2v) is 4.62. The molecule has 0 saturated carbocycles. The van der Waals surface area contributed by atoms with E-state index in [4.69, 9.17) is 21.1 Å². The average Bonchev–Trinajstić information content (AvgIpc) is 2.47. The lowest BCUT2D eigenvalue weighted by atomic mass is 10.0. The van der Waals surface area contributed by atoms with Crippen LogP contribution in [-0.2, 0) is 0 Å². The first kappa shape index (κ1) is 12.3. The van der Waals surface area contributed by atoms with Crippen LogP contribution < -0.4 is 9.47 Å². The van der Waals surface area contributed by atoms with Crippen LogP contribution in [0.25, 0.3) is 0 Å². The average molecular weight is 278 g/mol. The van der Waals surface area contributed by atoms with E-state index >= 15 is 0 Å². The van der Waals surface area contributed by atoms with Crippen molar-refractivity contribution < 1.29 is 14.6 Å². The molecule has 0 radical (unpaired) electrons. The highest BCUT2D eigenvalue weighted by Gasteiger charge is 2.20. The van der Waals surface area contributed by atoms with Gasteiger partial charge in [-0.25, -0.2) is 0 Å². The number of ether oxygens (including phenoxy) is 2. The second-order valence-electron chi connectivity index (χ2n) is 4.22. The SMILES string of the molecule is OC(c1cccnc1)c1cc(Cl)c2c(c1)OCCO2. The molecule has 1 N–H and O–H groups in total. The van der Waals surface area contributed by atoms with Crippen LogP contribution >= 0.6 is 11.6 Å². The Balaban J connectivity index is 1.99. The van der Waals surface area contributed by atoms with Gasteiger partial charge in [0.2, 0.25) is 0 Å². The quantitative estimate of drug-likeness (QED) is 0.917. The molecular formula is C14H12ClNO3. The molecule has 2 heterocycles. The minimum atomic E-state index is -0.790. The Morgan fingerprint density at radius 2 is 2.05 bits per heavy atom. The van der Waals surface area contributed by atoms with Gasteiger partial charge in [-0.1, -0.05) is 17.7 Å². The summed E-state index contributed by atoms with van der Waals surface area (Å²) in [4.78, 5) is 3.99. The van der Waals surface area contributed by atoms with Gasteiger partial charge in [0.1, 0.15) is 19.3 Å². The molecule has 1 aliphatic heterocycles. The van der Waals surface area contributed by atoms with E-state index in [9.17, 15) is 5.11 Å². The zero-order valence-electron chi connectivity index (χ0n) is 10.0. The monoisotopic (exact) mass is 277 g/mol. The molecule has 0 fully saturated rings. The molecule has 1 atom stereocenters. The van der Waals surface area contributed by atoms with E-state index in [0.717, 1.165) is 0 Å². The van der Waals surface area contributed by atoms with Crippen LogP contribution in [-0.4, -0.2) is 23.3 Å². The van der Waals surface area contributed by atoms with Gasteiger partial charge in [0.15, 0.2) is 11.5 Å². The maximum atomic E-state index is 10.3. The summed E-state index contributed by atoms with van der Waals surface area (Å²) in [6, 6.07) is 7.02. The standard InChI is InChI=1S/C14H12ClNO3/c15-11-6-10(7-12-14(11)19-5-4-18-12)13(17)9-2-1-3-16-8-9/h1-3,6-8,13,17H,4-5H2. The molecule has 3 rings (SSSR count). The van der Waals surface area contributed by atoms with Crippen molar-refractivity contribution in [2.24, 2.45) is 0 Å². The van der Waals surface area contributed by atoms with Crippen molar-refractivity contribution in [3.8, 4) is 11.5 Å². The Hall–Kier alpha value is -1.78. The van der Waals surface area contributed by atoms with Crippen molar-refractivity contribution in [1.82, 2.24) is 4.98 Å². The van der Waals surface area contributed by atoms with Crippen molar-refractivity contribution in [2.75, 3.05) is 13.2 Å². The van der Waals surface area contributed by atoms with Gasteiger partial charge >= 0.3 is 0 Å². The minimum absolute atomic E-state index is 0.440. The van der Waals surface area contributed by atoms with Gasteiger partial charge in [0.25, 0.3) is 0 Å². The van der Waals surface area contributed by atoms with Crippen molar-refractivity contribution in [1.29, 1.82) is 0 Å². The second kappa shape index (κ2) is 5.07. The van der Waals surface area contributed by atoms with Gasteiger partial charge in [-0.15, -0.1) is 0 Å².